The van der Waals surface area contributed by atoms with Crippen molar-refractivity contribution in [2.75, 3.05) is 11.4 Å². The summed E-state index contributed by atoms with van der Waals surface area (Å²) in [6, 6.07) is 16.7. The third-order valence-corrected chi connectivity index (χ3v) is 8.32. The van der Waals surface area contributed by atoms with E-state index in [9.17, 15) is 4.79 Å². The fraction of sp³-hybridized carbons (Fsp3) is 0.588. The van der Waals surface area contributed by atoms with Gasteiger partial charge in [0.05, 0.1) is 11.0 Å². The summed E-state index contributed by atoms with van der Waals surface area (Å²) in [5, 5.41) is 0. The van der Waals surface area contributed by atoms with Gasteiger partial charge in [0.1, 0.15) is 5.82 Å². The van der Waals surface area contributed by atoms with E-state index < -0.39 is 0 Å². The molecule has 0 spiro atoms. The molecule has 1 saturated heterocycles. The van der Waals surface area contributed by atoms with Gasteiger partial charge in [-0.1, -0.05) is 121 Å². The van der Waals surface area contributed by atoms with Crippen LogP contribution in [0.5, 0.6) is 0 Å². The van der Waals surface area contributed by atoms with Crippen LogP contribution in [0.4, 0.5) is 5.69 Å². The molecule has 2 heterocycles. The lowest BCUT2D eigenvalue weighted by Crippen LogP contribution is -2.25. The van der Waals surface area contributed by atoms with Gasteiger partial charge in [-0.05, 0) is 37.1 Å². The molecule has 0 bridgehead atoms. The Kier molecular flexibility index (Phi) is 11.3. The van der Waals surface area contributed by atoms with Crippen molar-refractivity contribution in [3.63, 3.8) is 0 Å². The van der Waals surface area contributed by atoms with Crippen molar-refractivity contribution in [2.45, 2.75) is 123 Å². The van der Waals surface area contributed by atoms with Crippen LogP contribution in [0.15, 0.2) is 48.5 Å². The molecule has 0 saturated carbocycles. The quantitative estimate of drug-likeness (QED) is 0.168. The summed E-state index contributed by atoms with van der Waals surface area (Å²) in [6.45, 7) is 6.08. The van der Waals surface area contributed by atoms with Gasteiger partial charge in [-0.2, -0.15) is 0 Å². The lowest BCUT2D eigenvalue weighted by molar-refractivity contribution is -0.117. The molecule has 1 aromatic heterocycles. The molecule has 4 rings (SSSR count). The van der Waals surface area contributed by atoms with E-state index in [4.69, 9.17) is 4.98 Å². The van der Waals surface area contributed by atoms with Gasteiger partial charge in [0.2, 0.25) is 5.91 Å². The molecule has 1 atom stereocenters. The van der Waals surface area contributed by atoms with E-state index in [1.807, 2.05) is 17.0 Å². The van der Waals surface area contributed by atoms with Crippen LogP contribution >= 0.6 is 0 Å². The van der Waals surface area contributed by atoms with E-state index >= 15 is 0 Å². The maximum absolute atomic E-state index is 13.0. The van der Waals surface area contributed by atoms with Gasteiger partial charge >= 0.3 is 0 Å². The lowest BCUT2D eigenvalue weighted by atomic mass is 10.0. The number of anilines is 1. The number of imidazole rings is 1. The highest BCUT2D eigenvalue weighted by Gasteiger charge is 2.35. The number of para-hydroxylation sites is 3. The van der Waals surface area contributed by atoms with Crippen molar-refractivity contribution in [1.29, 1.82) is 0 Å². The summed E-state index contributed by atoms with van der Waals surface area (Å²) in [7, 11) is 0. The number of fused-ring (bicyclic) bond motifs is 1. The highest BCUT2D eigenvalue weighted by Crippen LogP contribution is 2.34. The Morgan fingerprint density at radius 3 is 2.00 bits per heavy atom. The number of amides is 1. The van der Waals surface area contributed by atoms with E-state index in [1.165, 1.54) is 95.4 Å². The van der Waals surface area contributed by atoms with Gasteiger partial charge in [0.25, 0.3) is 0 Å². The average molecular weight is 516 g/mol. The highest BCUT2D eigenvalue weighted by atomic mass is 16.2. The van der Waals surface area contributed by atoms with Crippen molar-refractivity contribution >= 4 is 22.6 Å². The number of carbonyl (C=O) groups excluding carboxylic acids is 1. The van der Waals surface area contributed by atoms with Gasteiger partial charge in [-0.25, -0.2) is 4.98 Å². The molecule has 1 amide bonds. The molecule has 0 aliphatic carbocycles. The zero-order valence-electron chi connectivity index (χ0n) is 24.0. The summed E-state index contributed by atoms with van der Waals surface area (Å²) >= 11 is 0. The number of carbonyl (C=O) groups is 1. The zero-order chi connectivity index (χ0) is 26.6. The minimum atomic E-state index is 0.140. The van der Waals surface area contributed by atoms with Crippen LogP contribution in [0.2, 0.25) is 0 Å². The second-order valence-electron chi connectivity index (χ2n) is 11.4. The first kappa shape index (κ1) is 28.4. The molecule has 0 N–H and O–H groups in total. The Hall–Kier alpha value is -2.62. The van der Waals surface area contributed by atoms with Gasteiger partial charge in [0.15, 0.2) is 0 Å². The van der Waals surface area contributed by atoms with E-state index in [0.29, 0.717) is 13.0 Å². The summed E-state index contributed by atoms with van der Waals surface area (Å²) in [5.74, 6) is 1.44. The fourth-order valence-electron chi connectivity index (χ4n) is 6.08. The average Bonchev–Trinajstić information content (AvgIpc) is 3.49. The van der Waals surface area contributed by atoms with Crippen LogP contribution in [0, 0.1) is 6.92 Å². The first-order valence-corrected chi connectivity index (χ1v) is 15.5. The van der Waals surface area contributed by atoms with Crippen molar-refractivity contribution < 1.29 is 4.79 Å². The highest BCUT2D eigenvalue weighted by molar-refractivity contribution is 5.97. The summed E-state index contributed by atoms with van der Waals surface area (Å²) in [5.41, 5.74) is 4.45. The van der Waals surface area contributed by atoms with E-state index in [1.54, 1.807) is 0 Å². The van der Waals surface area contributed by atoms with Gasteiger partial charge in [-0.3, -0.25) is 4.79 Å². The topological polar surface area (TPSA) is 38.1 Å². The third kappa shape index (κ3) is 7.71. The SMILES string of the molecule is CCCCCCCCCCCCCCCCn1c(C2CC(=O)N(c3ccccc3C)C2)nc2ccccc21. The number of aromatic nitrogens is 2. The molecular formula is C34H49N3O. The van der Waals surface area contributed by atoms with Crippen molar-refractivity contribution in [2.24, 2.45) is 0 Å². The number of unbranched alkanes of at least 4 members (excludes halogenated alkanes) is 13. The Labute approximate surface area is 230 Å². The molecular weight excluding hydrogens is 466 g/mol. The van der Waals surface area contributed by atoms with Gasteiger partial charge < -0.3 is 9.47 Å². The molecule has 1 aliphatic rings. The Balaban J connectivity index is 1.23. The maximum atomic E-state index is 13.0. The summed E-state index contributed by atoms with van der Waals surface area (Å²) < 4.78 is 2.41. The molecule has 4 heteroatoms. The Morgan fingerprint density at radius 2 is 1.34 bits per heavy atom. The van der Waals surface area contributed by atoms with Gasteiger partial charge in [-0.15, -0.1) is 0 Å². The van der Waals surface area contributed by atoms with Crippen LogP contribution in [-0.4, -0.2) is 22.0 Å². The number of aryl methyl sites for hydroxylation is 2. The molecule has 2 aromatic carbocycles. The van der Waals surface area contributed by atoms with E-state index in [-0.39, 0.29) is 11.8 Å². The molecule has 3 aromatic rings. The third-order valence-electron chi connectivity index (χ3n) is 8.32. The second-order valence-corrected chi connectivity index (χ2v) is 11.4. The number of hydrogen-bond acceptors (Lipinski definition) is 2. The zero-order valence-corrected chi connectivity index (χ0v) is 24.0. The fourth-order valence-corrected chi connectivity index (χ4v) is 6.08. The predicted molar refractivity (Wildman–Crippen MR) is 161 cm³/mol. The molecule has 1 fully saturated rings. The summed E-state index contributed by atoms with van der Waals surface area (Å²) in [6.07, 6.45) is 19.8. The predicted octanol–water partition coefficient (Wildman–Crippen LogP) is 9.35. The van der Waals surface area contributed by atoms with Crippen molar-refractivity contribution in [3.05, 3.63) is 59.9 Å². The van der Waals surface area contributed by atoms with Crippen LogP contribution in [0.25, 0.3) is 11.0 Å². The maximum Gasteiger partial charge on any atom is 0.227 e. The lowest BCUT2D eigenvalue weighted by Gasteiger charge is -2.19. The second kappa shape index (κ2) is 15.1. The number of rotatable bonds is 17. The van der Waals surface area contributed by atoms with E-state index in [0.717, 1.165) is 29.1 Å². The minimum Gasteiger partial charge on any atom is -0.328 e. The van der Waals surface area contributed by atoms with Crippen molar-refractivity contribution in [3.8, 4) is 0 Å². The first-order chi connectivity index (χ1) is 18.7. The van der Waals surface area contributed by atoms with Crippen LogP contribution in [0.3, 0.4) is 0 Å². The first-order valence-electron chi connectivity index (χ1n) is 15.5. The number of hydrogen-bond donors (Lipinski definition) is 0. The normalized spacial score (nSPS) is 15.7. The molecule has 1 unspecified atom stereocenters. The smallest absolute Gasteiger partial charge is 0.227 e. The van der Waals surface area contributed by atoms with Crippen molar-refractivity contribution in [1.82, 2.24) is 9.55 Å². The molecule has 1 aliphatic heterocycles. The Bertz CT molecular complexity index is 1130. The van der Waals surface area contributed by atoms with Crippen LogP contribution < -0.4 is 4.90 Å². The van der Waals surface area contributed by atoms with Crippen LogP contribution in [0.1, 0.15) is 121 Å². The monoisotopic (exact) mass is 515 g/mol. The van der Waals surface area contributed by atoms with Gasteiger partial charge in [0, 0.05) is 31.1 Å². The number of benzene rings is 2. The standard InChI is InChI=1S/C34H49N3O/c1-3-4-5-6-7-8-9-10-11-12-13-14-15-20-25-36-32-24-19-17-22-30(32)35-34(36)29-26-33(38)37(27-29)31-23-18-16-21-28(31)2/h16-19,21-24,29H,3-15,20,25-27H2,1-2H3. The van der Waals surface area contributed by atoms with Crippen LogP contribution in [-0.2, 0) is 11.3 Å². The number of nitrogens with zero attached hydrogens (tertiary/aromatic N) is 3. The molecule has 38 heavy (non-hydrogen) atoms. The molecule has 4 nitrogen and oxygen atoms in total. The largest absolute Gasteiger partial charge is 0.328 e. The molecule has 206 valence electrons. The Morgan fingerprint density at radius 1 is 0.763 bits per heavy atom. The molecule has 0 radical (unpaired) electrons. The van der Waals surface area contributed by atoms with E-state index in [2.05, 4.69) is 54.8 Å². The summed E-state index contributed by atoms with van der Waals surface area (Å²) in [4.78, 5) is 20.0. The minimum absolute atomic E-state index is 0.140.